The molecular formula is C23H26N2O4. The van der Waals surface area contributed by atoms with Gasteiger partial charge in [0.05, 0.1) is 0 Å². The Labute approximate surface area is 170 Å². The molecule has 0 saturated heterocycles. The largest absolute Gasteiger partial charge is 0.446 e. The van der Waals surface area contributed by atoms with E-state index in [1.807, 2.05) is 60.7 Å². The van der Waals surface area contributed by atoms with Gasteiger partial charge in [-0.2, -0.15) is 0 Å². The smallest absolute Gasteiger partial charge is 0.411 e. The minimum atomic E-state index is -0.403. The van der Waals surface area contributed by atoms with Gasteiger partial charge in [-0.1, -0.05) is 36.4 Å². The Hall–Kier alpha value is -3.02. The molecule has 2 fully saturated rings. The number of hydrogen-bond acceptors (Lipinski definition) is 4. The van der Waals surface area contributed by atoms with Crippen LogP contribution < -0.4 is 10.6 Å². The topological polar surface area (TPSA) is 76.7 Å². The second-order valence-corrected chi connectivity index (χ2v) is 7.78. The average molecular weight is 394 g/mol. The third-order valence-corrected chi connectivity index (χ3v) is 5.86. The molecule has 6 heteroatoms. The van der Waals surface area contributed by atoms with Gasteiger partial charge in [0.15, 0.2) is 0 Å². The van der Waals surface area contributed by atoms with Crippen LogP contribution in [0.4, 0.5) is 21.0 Å². The Morgan fingerprint density at radius 1 is 0.655 bits per heavy atom. The van der Waals surface area contributed by atoms with Gasteiger partial charge in [-0.25, -0.2) is 9.59 Å². The fourth-order valence-electron chi connectivity index (χ4n) is 4.45. The molecule has 4 rings (SSSR count). The van der Waals surface area contributed by atoms with Gasteiger partial charge in [0, 0.05) is 11.4 Å². The molecule has 2 aromatic carbocycles. The van der Waals surface area contributed by atoms with E-state index in [9.17, 15) is 9.59 Å². The lowest BCUT2D eigenvalue weighted by Crippen LogP contribution is -2.43. The highest BCUT2D eigenvalue weighted by Gasteiger charge is 2.41. The fourth-order valence-corrected chi connectivity index (χ4v) is 4.45. The molecular weight excluding hydrogens is 368 g/mol. The molecule has 0 aromatic heterocycles. The first-order valence-corrected chi connectivity index (χ1v) is 10.2. The predicted octanol–water partition coefficient (Wildman–Crippen LogP) is 5.43. The van der Waals surface area contributed by atoms with Crippen molar-refractivity contribution in [2.24, 2.45) is 11.8 Å². The van der Waals surface area contributed by atoms with E-state index < -0.39 is 12.2 Å². The maximum Gasteiger partial charge on any atom is 0.411 e. The van der Waals surface area contributed by atoms with Crippen LogP contribution in [0.25, 0.3) is 0 Å². The summed E-state index contributed by atoms with van der Waals surface area (Å²) >= 11 is 0. The van der Waals surface area contributed by atoms with E-state index in [1.165, 1.54) is 0 Å². The van der Waals surface area contributed by atoms with Gasteiger partial charge < -0.3 is 9.47 Å². The van der Waals surface area contributed by atoms with Crippen LogP contribution in [0.1, 0.15) is 32.1 Å². The average Bonchev–Trinajstić information content (AvgIpc) is 2.73. The quantitative estimate of drug-likeness (QED) is 0.725. The van der Waals surface area contributed by atoms with E-state index in [4.69, 9.17) is 9.47 Å². The molecule has 152 valence electrons. The SMILES string of the molecule is O=C(Nc1ccccc1)O[C@H]1CC[C@H]2C[C@H]1CC[C@H]2OC(=O)Nc1ccccc1. The van der Waals surface area contributed by atoms with Crippen molar-refractivity contribution in [3.63, 3.8) is 0 Å². The van der Waals surface area contributed by atoms with Crippen molar-refractivity contribution in [2.75, 3.05) is 10.6 Å². The maximum absolute atomic E-state index is 12.2. The number of nitrogens with one attached hydrogen (secondary N) is 2. The molecule has 2 saturated carbocycles. The number of rotatable bonds is 4. The number of carbonyl (C=O) groups is 2. The molecule has 2 amide bonds. The lowest BCUT2D eigenvalue weighted by molar-refractivity contribution is -0.0444. The third-order valence-electron chi connectivity index (χ3n) is 5.86. The van der Waals surface area contributed by atoms with Gasteiger partial charge >= 0.3 is 12.2 Å². The van der Waals surface area contributed by atoms with Crippen molar-refractivity contribution in [3.05, 3.63) is 60.7 Å². The van der Waals surface area contributed by atoms with Crippen LogP contribution >= 0.6 is 0 Å². The van der Waals surface area contributed by atoms with E-state index >= 15 is 0 Å². The lowest BCUT2D eigenvalue weighted by Gasteiger charge is -2.43. The first-order chi connectivity index (χ1) is 14.2. The Bertz CT molecular complexity index is 758. The zero-order chi connectivity index (χ0) is 20.1. The van der Waals surface area contributed by atoms with Crippen molar-refractivity contribution in [3.8, 4) is 0 Å². The third kappa shape index (κ3) is 5.08. The van der Waals surface area contributed by atoms with Crippen molar-refractivity contribution in [1.82, 2.24) is 0 Å². The summed E-state index contributed by atoms with van der Waals surface area (Å²) in [5.74, 6) is 0.652. The molecule has 2 aliphatic rings. The Kier molecular flexibility index (Phi) is 5.98. The molecule has 29 heavy (non-hydrogen) atoms. The summed E-state index contributed by atoms with van der Waals surface area (Å²) in [4.78, 5) is 24.4. The number of fused-ring (bicyclic) bond motifs is 2. The second-order valence-electron chi connectivity index (χ2n) is 7.78. The number of hydrogen-bond donors (Lipinski definition) is 2. The zero-order valence-corrected chi connectivity index (χ0v) is 16.3. The molecule has 2 aromatic rings. The van der Waals surface area contributed by atoms with Crippen LogP contribution in [-0.4, -0.2) is 24.4 Å². The van der Waals surface area contributed by atoms with Crippen molar-refractivity contribution in [1.29, 1.82) is 0 Å². The molecule has 0 aliphatic heterocycles. The van der Waals surface area contributed by atoms with Crippen LogP contribution in [0.5, 0.6) is 0 Å². The summed E-state index contributed by atoms with van der Waals surface area (Å²) < 4.78 is 11.4. The van der Waals surface area contributed by atoms with Crippen LogP contribution in [0.2, 0.25) is 0 Å². The summed E-state index contributed by atoms with van der Waals surface area (Å²) in [6.45, 7) is 0. The van der Waals surface area contributed by atoms with Gasteiger partial charge in [-0.05, 0) is 68.2 Å². The Morgan fingerprint density at radius 3 is 1.48 bits per heavy atom. The predicted molar refractivity (Wildman–Crippen MR) is 111 cm³/mol. The number of para-hydroxylation sites is 2. The number of amides is 2. The lowest BCUT2D eigenvalue weighted by atomic mass is 9.69. The Balaban J connectivity index is 1.25. The van der Waals surface area contributed by atoms with Crippen LogP contribution in [0.15, 0.2) is 60.7 Å². The van der Waals surface area contributed by atoms with E-state index in [0.29, 0.717) is 11.8 Å². The minimum absolute atomic E-state index is 0.0749. The maximum atomic E-state index is 12.2. The van der Waals surface area contributed by atoms with Gasteiger partial charge in [-0.3, -0.25) is 10.6 Å². The monoisotopic (exact) mass is 394 g/mol. The van der Waals surface area contributed by atoms with E-state index in [-0.39, 0.29) is 12.2 Å². The Morgan fingerprint density at radius 2 is 1.07 bits per heavy atom. The standard InChI is InChI=1S/C23H26N2O4/c26-22(24-18-7-3-1-4-8-18)28-20-13-11-17-15-16(20)12-14-21(17)29-23(27)25-19-9-5-2-6-10-19/h1-10,16-17,20-21H,11-15H2,(H,24,26)(H,25,27)/t16-,17+,20+,21-. The van der Waals surface area contributed by atoms with Crippen molar-refractivity contribution >= 4 is 23.6 Å². The number of benzene rings is 2. The molecule has 2 bridgehead atoms. The van der Waals surface area contributed by atoms with E-state index in [2.05, 4.69) is 10.6 Å². The van der Waals surface area contributed by atoms with E-state index in [1.54, 1.807) is 0 Å². The summed E-state index contributed by atoms with van der Waals surface area (Å²) in [5.41, 5.74) is 1.46. The number of anilines is 2. The molecule has 0 unspecified atom stereocenters. The molecule has 6 nitrogen and oxygen atoms in total. The normalized spacial score (nSPS) is 25.5. The zero-order valence-electron chi connectivity index (χ0n) is 16.3. The molecule has 4 atom stereocenters. The number of carbonyl (C=O) groups excluding carboxylic acids is 2. The van der Waals surface area contributed by atoms with Gasteiger partial charge in [-0.15, -0.1) is 0 Å². The first-order valence-electron chi connectivity index (χ1n) is 10.2. The summed E-state index contributed by atoms with van der Waals surface area (Å²) in [7, 11) is 0. The molecule has 0 radical (unpaired) electrons. The highest BCUT2D eigenvalue weighted by Crippen LogP contribution is 2.42. The van der Waals surface area contributed by atoms with Gasteiger partial charge in [0.2, 0.25) is 0 Å². The summed E-state index contributed by atoms with van der Waals surface area (Å²) in [6, 6.07) is 18.6. The second kappa shape index (κ2) is 8.99. The molecule has 2 aliphatic carbocycles. The first kappa shape index (κ1) is 19.3. The van der Waals surface area contributed by atoms with Crippen LogP contribution in [0, 0.1) is 11.8 Å². The summed E-state index contributed by atoms with van der Waals surface area (Å²) in [5, 5.41) is 5.56. The van der Waals surface area contributed by atoms with Gasteiger partial charge in [0.25, 0.3) is 0 Å². The summed E-state index contributed by atoms with van der Waals surface area (Å²) in [6.07, 6.45) is 3.36. The highest BCUT2D eigenvalue weighted by molar-refractivity contribution is 5.85. The molecule has 0 spiro atoms. The van der Waals surface area contributed by atoms with Crippen LogP contribution in [-0.2, 0) is 9.47 Å². The van der Waals surface area contributed by atoms with Crippen molar-refractivity contribution in [2.45, 2.75) is 44.3 Å². The van der Waals surface area contributed by atoms with Gasteiger partial charge in [0.1, 0.15) is 12.2 Å². The highest BCUT2D eigenvalue weighted by atomic mass is 16.6. The fraction of sp³-hybridized carbons (Fsp3) is 0.391. The minimum Gasteiger partial charge on any atom is -0.446 e. The van der Waals surface area contributed by atoms with Crippen molar-refractivity contribution < 1.29 is 19.1 Å². The molecule has 2 N–H and O–H groups in total. The van der Waals surface area contributed by atoms with Crippen LogP contribution in [0.3, 0.4) is 0 Å². The molecule has 0 heterocycles. The number of ether oxygens (including phenoxy) is 2. The van der Waals surface area contributed by atoms with E-state index in [0.717, 1.165) is 43.5 Å².